The fourth-order valence-corrected chi connectivity index (χ4v) is 4.58. The van der Waals surface area contributed by atoms with Crippen LogP contribution in [0, 0.1) is 0 Å². The van der Waals surface area contributed by atoms with E-state index in [0.29, 0.717) is 11.7 Å². The quantitative estimate of drug-likeness (QED) is 0.510. The third-order valence-electron chi connectivity index (χ3n) is 5.34. The van der Waals surface area contributed by atoms with Crippen LogP contribution in [-0.2, 0) is 9.59 Å². The Balaban J connectivity index is 1.55. The Labute approximate surface area is 187 Å². The number of likely N-dealkylation sites (tertiary alicyclic amines) is 1. The Morgan fingerprint density at radius 2 is 2.06 bits per heavy atom. The number of nitrogens with zero attached hydrogens (tertiary/aromatic N) is 3. The molecule has 0 unspecified atom stereocenters. The van der Waals surface area contributed by atoms with E-state index < -0.39 is 17.7 Å². The van der Waals surface area contributed by atoms with Crippen LogP contribution in [0.3, 0.4) is 0 Å². The van der Waals surface area contributed by atoms with Crippen molar-refractivity contribution in [3.8, 4) is 5.88 Å². The molecule has 32 heavy (non-hydrogen) atoms. The number of piperidine rings is 1. The molecule has 0 spiro atoms. The van der Waals surface area contributed by atoms with Crippen LogP contribution < -0.4 is 21.5 Å². The van der Waals surface area contributed by atoms with Gasteiger partial charge in [-0.2, -0.15) is 0 Å². The molecule has 10 nitrogen and oxygen atoms in total. The molecular weight excluding hydrogens is 432 g/mol. The maximum absolute atomic E-state index is 13.0. The number of nitrogens with two attached hydrogens (primary N) is 2. The molecule has 166 valence electrons. The molecule has 3 aromatic rings. The van der Waals surface area contributed by atoms with Crippen LogP contribution in [0.15, 0.2) is 30.5 Å². The van der Waals surface area contributed by atoms with Gasteiger partial charge in [-0.3, -0.25) is 14.4 Å². The fourth-order valence-electron chi connectivity index (χ4n) is 3.87. The van der Waals surface area contributed by atoms with Gasteiger partial charge in [0.1, 0.15) is 5.56 Å². The van der Waals surface area contributed by atoms with Crippen LogP contribution in [0.2, 0.25) is 0 Å². The maximum atomic E-state index is 13.0. The number of ether oxygens (including phenoxy) is 1. The number of carbonyl (C=O) groups excluding carboxylic acids is 3. The predicted octanol–water partition coefficient (Wildman–Crippen LogP) is 2.07. The number of nitrogens with one attached hydrogen (secondary N) is 1. The van der Waals surface area contributed by atoms with Crippen molar-refractivity contribution in [2.24, 2.45) is 5.73 Å². The van der Waals surface area contributed by atoms with E-state index in [0.717, 1.165) is 35.0 Å². The van der Waals surface area contributed by atoms with Gasteiger partial charge >= 0.3 is 11.8 Å². The van der Waals surface area contributed by atoms with Crippen molar-refractivity contribution < 1.29 is 19.1 Å². The first-order chi connectivity index (χ1) is 15.4. The zero-order valence-corrected chi connectivity index (χ0v) is 18.1. The van der Waals surface area contributed by atoms with Crippen molar-refractivity contribution in [2.75, 3.05) is 24.7 Å². The van der Waals surface area contributed by atoms with E-state index in [4.69, 9.17) is 16.2 Å². The topological polar surface area (TPSA) is 154 Å². The Morgan fingerprint density at radius 3 is 2.81 bits per heavy atom. The Morgan fingerprint density at radius 1 is 1.25 bits per heavy atom. The number of hydrogen-bond donors (Lipinski definition) is 3. The summed E-state index contributed by atoms with van der Waals surface area (Å²) < 4.78 is 5.96. The third-order valence-corrected chi connectivity index (χ3v) is 6.20. The monoisotopic (exact) mass is 454 g/mol. The summed E-state index contributed by atoms with van der Waals surface area (Å²) in [5, 5.41) is 2.99. The van der Waals surface area contributed by atoms with Crippen LogP contribution in [0.25, 0.3) is 10.2 Å². The molecule has 11 heteroatoms. The van der Waals surface area contributed by atoms with Crippen LogP contribution in [0.4, 0.5) is 10.8 Å². The van der Waals surface area contributed by atoms with E-state index in [-0.39, 0.29) is 23.2 Å². The summed E-state index contributed by atoms with van der Waals surface area (Å²) in [6.45, 7) is 0.460. The molecule has 1 saturated heterocycles. The van der Waals surface area contributed by atoms with Gasteiger partial charge in [0.05, 0.1) is 35.3 Å². The molecule has 1 aromatic carbocycles. The number of anilines is 2. The van der Waals surface area contributed by atoms with Crippen LogP contribution in [0.1, 0.15) is 41.2 Å². The highest BCUT2D eigenvalue weighted by atomic mass is 32.1. The SMILES string of the molecule is COc1ncc(NC(=O)C(=O)N2CCCC[C@H]2c2ccc3sc(N)nc3c2)cc1C(N)=O. The number of primary amides is 1. The smallest absolute Gasteiger partial charge is 0.313 e. The molecule has 1 aliphatic rings. The van der Waals surface area contributed by atoms with Crippen molar-refractivity contribution in [1.82, 2.24) is 14.9 Å². The molecule has 0 radical (unpaired) electrons. The van der Waals surface area contributed by atoms with E-state index in [1.165, 1.54) is 30.7 Å². The van der Waals surface area contributed by atoms with Crippen molar-refractivity contribution in [3.05, 3.63) is 41.6 Å². The highest BCUT2D eigenvalue weighted by Crippen LogP contribution is 2.34. The van der Waals surface area contributed by atoms with Gasteiger partial charge in [-0.25, -0.2) is 9.97 Å². The van der Waals surface area contributed by atoms with E-state index >= 15 is 0 Å². The van der Waals surface area contributed by atoms with Gasteiger partial charge in [0.2, 0.25) is 5.88 Å². The fraction of sp³-hybridized carbons (Fsp3) is 0.286. The lowest BCUT2D eigenvalue weighted by atomic mass is 9.95. The molecule has 5 N–H and O–H groups in total. The molecule has 0 bridgehead atoms. The second-order valence-electron chi connectivity index (χ2n) is 7.39. The number of amides is 3. The summed E-state index contributed by atoms with van der Waals surface area (Å²) >= 11 is 1.40. The second-order valence-corrected chi connectivity index (χ2v) is 8.45. The molecule has 1 fully saturated rings. The third kappa shape index (κ3) is 4.19. The first-order valence-corrected chi connectivity index (χ1v) is 10.8. The minimum absolute atomic E-state index is 0.00411. The number of thiazole rings is 1. The summed E-state index contributed by atoms with van der Waals surface area (Å²) in [5.41, 5.74) is 13.0. The second kappa shape index (κ2) is 8.79. The molecule has 4 rings (SSSR count). The Hall–Kier alpha value is -3.73. The van der Waals surface area contributed by atoms with Gasteiger partial charge in [0.25, 0.3) is 5.91 Å². The first kappa shape index (κ1) is 21.5. The van der Waals surface area contributed by atoms with Gasteiger partial charge in [0.15, 0.2) is 5.13 Å². The molecule has 2 aromatic heterocycles. The molecule has 0 saturated carbocycles. The van der Waals surface area contributed by atoms with Gasteiger partial charge in [-0.05, 0) is 43.0 Å². The summed E-state index contributed by atoms with van der Waals surface area (Å²) in [4.78, 5) is 47.2. The van der Waals surface area contributed by atoms with Crippen molar-refractivity contribution in [2.45, 2.75) is 25.3 Å². The number of carbonyl (C=O) groups is 3. The standard InChI is InChI=1S/C21H22N6O4S/c1-31-19-13(17(22)28)9-12(10-24-19)25-18(29)20(30)27-7-3-2-4-15(27)11-5-6-16-14(8-11)26-21(23)32-16/h5-6,8-10,15H,2-4,7H2,1H3,(H2,22,28)(H2,23,26)(H,25,29)/t15-/m0/s1. The normalized spacial score (nSPS) is 16.0. The Bertz CT molecular complexity index is 1210. The summed E-state index contributed by atoms with van der Waals surface area (Å²) in [6.07, 6.45) is 3.78. The molecule has 3 amide bonds. The number of methoxy groups -OCH3 is 1. The zero-order valence-electron chi connectivity index (χ0n) is 17.3. The van der Waals surface area contributed by atoms with Gasteiger partial charge in [-0.1, -0.05) is 17.4 Å². The average molecular weight is 455 g/mol. The zero-order chi connectivity index (χ0) is 22.8. The van der Waals surface area contributed by atoms with Gasteiger partial charge in [0, 0.05) is 6.54 Å². The summed E-state index contributed by atoms with van der Waals surface area (Å²) in [5.74, 6) is -2.20. The van der Waals surface area contributed by atoms with E-state index in [1.54, 1.807) is 4.90 Å². The summed E-state index contributed by atoms with van der Waals surface area (Å²) in [6, 6.07) is 6.88. The van der Waals surface area contributed by atoms with Crippen molar-refractivity contribution >= 4 is 50.1 Å². The molecule has 0 aliphatic carbocycles. The van der Waals surface area contributed by atoms with Crippen molar-refractivity contribution in [1.29, 1.82) is 0 Å². The summed E-state index contributed by atoms with van der Waals surface area (Å²) in [7, 11) is 1.35. The lowest BCUT2D eigenvalue weighted by Gasteiger charge is -2.35. The number of rotatable bonds is 4. The number of hydrogen-bond acceptors (Lipinski definition) is 8. The van der Waals surface area contributed by atoms with E-state index in [9.17, 15) is 14.4 Å². The number of pyridine rings is 1. The average Bonchev–Trinajstić information content (AvgIpc) is 3.17. The molecule has 3 heterocycles. The van der Waals surface area contributed by atoms with Gasteiger partial charge < -0.3 is 26.4 Å². The minimum Gasteiger partial charge on any atom is -0.480 e. The molecule has 1 aliphatic heterocycles. The van der Waals surface area contributed by atoms with Crippen molar-refractivity contribution in [3.63, 3.8) is 0 Å². The van der Waals surface area contributed by atoms with Crippen LogP contribution in [-0.4, -0.2) is 46.2 Å². The number of aromatic nitrogens is 2. The molecule has 1 atom stereocenters. The largest absolute Gasteiger partial charge is 0.480 e. The van der Waals surface area contributed by atoms with Gasteiger partial charge in [-0.15, -0.1) is 0 Å². The lowest BCUT2D eigenvalue weighted by Crippen LogP contribution is -2.44. The number of benzene rings is 1. The number of nitrogen functional groups attached to an aromatic ring is 1. The molecular formula is C21H22N6O4S. The highest BCUT2D eigenvalue weighted by Gasteiger charge is 2.32. The lowest BCUT2D eigenvalue weighted by molar-refractivity contribution is -0.145. The van der Waals surface area contributed by atoms with Crippen LogP contribution >= 0.6 is 11.3 Å². The van der Waals surface area contributed by atoms with E-state index in [2.05, 4.69) is 15.3 Å². The predicted molar refractivity (Wildman–Crippen MR) is 120 cm³/mol. The van der Waals surface area contributed by atoms with E-state index in [1.807, 2.05) is 18.2 Å². The Kier molecular flexibility index (Phi) is 5.91. The maximum Gasteiger partial charge on any atom is 0.313 e. The van der Waals surface area contributed by atoms with Crippen LogP contribution in [0.5, 0.6) is 5.88 Å². The number of fused-ring (bicyclic) bond motifs is 1. The first-order valence-electron chi connectivity index (χ1n) is 9.99. The highest BCUT2D eigenvalue weighted by molar-refractivity contribution is 7.22. The minimum atomic E-state index is -0.821.